The smallest absolute Gasteiger partial charge is 0.407 e. The van der Waals surface area contributed by atoms with E-state index in [0.717, 1.165) is 16.3 Å². The van der Waals surface area contributed by atoms with E-state index in [1.807, 2.05) is 43.3 Å². The number of nitrogens with one attached hydrogen (secondary N) is 3. The van der Waals surface area contributed by atoms with Crippen LogP contribution in [0.5, 0.6) is 0 Å². The Kier molecular flexibility index (Phi) is 7.44. The minimum absolute atomic E-state index is 0.145. The average molecular weight is 351 g/mol. The Bertz CT molecular complexity index is 580. The molecule has 2 rings (SSSR count). The lowest BCUT2D eigenvalue weighted by Crippen LogP contribution is -2.40. The SMILES string of the molecule is CCSC1=CC(CNC(=O)CNC(=O)OCc2ccccc2)ON1. The number of rotatable bonds is 8. The molecule has 0 bridgehead atoms. The van der Waals surface area contributed by atoms with Crippen LogP contribution < -0.4 is 16.1 Å². The van der Waals surface area contributed by atoms with Crippen LogP contribution in [-0.4, -0.2) is 36.9 Å². The average Bonchev–Trinajstić information content (AvgIpc) is 3.05. The van der Waals surface area contributed by atoms with E-state index in [1.54, 1.807) is 11.8 Å². The summed E-state index contributed by atoms with van der Waals surface area (Å²) in [6, 6.07) is 9.32. The molecule has 3 N–H and O–H groups in total. The second-order valence-electron chi connectivity index (χ2n) is 4.94. The van der Waals surface area contributed by atoms with Gasteiger partial charge in [-0.05, 0) is 17.4 Å². The van der Waals surface area contributed by atoms with Crippen LogP contribution in [0.25, 0.3) is 0 Å². The summed E-state index contributed by atoms with van der Waals surface area (Å²) in [4.78, 5) is 28.5. The largest absolute Gasteiger partial charge is 0.445 e. The van der Waals surface area contributed by atoms with E-state index < -0.39 is 6.09 Å². The van der Waals surface area contributed by atoms with Crippen molar-refractivity contribution in [1.82, 2.24) is 16.1 Å². The summed E-state index contributed by atoms with van der Waals surface area (Å²) in [5.41, 5.74) is 3.68. The number of ether oxygens (including phenoxy) is 1. The standard InChI is InChI=1S/C16H21N3O4S/c1-2-24-15-8-13(23-19-15)9-17-14(20)10-18-16(21)22-11-12-6-4-3-5-7-12/h3-8,13,19H,2,9-11H2,1H3,(H,17,20)(H,18,21). The number of alkyl carbamates (subject to hydrolysis) is 1. The van der Waals surface area contributed by atoms with E-state index >= 15 is 0 Å². The Hall–Kier alpha value is -2.19. The van der Waals surface area contributed by atoms with Gasteiger partial charge in [0.25, 0.3) is 0 Å². The molecular weight excluding hydrogens is 330 g/mol. The molecule has 24 heavy (non-hydrogen) atoms. The van der Waals surface area contributed by atoms with Crippen molar-refractivity contribution in [1.29, 1.82) is 0 Å². The molecule has 0 saturated carbocycles. The molecule has 0 aliphatic carbocycles. The van der Waals surface area contributed by atoms with Crippen molar-refractivity contribution < 1.29 is 19.2 Å². The van der Waals surface area contributed by atoms with Gasteiger partial charge in [0.2, 0.25) is 5.91 Å². The first-order valence-electron chi connectivity index (χ1n) is 7.65. The van der Waals surface area contributed by atoms with Crippen LogP contribution in [0.15, 0.2) is 41.4 Å². The van der Waals surface area contributed by atoms with Gasteiger partial charge < -0.3 is 15.4 Å². The summed E-state index contributed by atoms with van der Waals surface area (Å²) in [7, 11) is 0. The van der Waals surface area contributed by atoms with E-state index in [0.29, 0.717) is 6.54 Å². The molecule has 0 radical (unpaired) electrons. The van der Waals surface area contributed by atoms with Crippen LogP contribution in [-0.2, 0) is 21.0 Å². The summed E-state index contributed by atoms with van der Waals surface area (Å²) in [5, 5.41) is 6.04. The Morgan fingerprint density at radius 3 is 2.83 bits per heavy atom. The van der Waals surface area contributed by atoms with Crippen molar-refractivity contribution in [2.24, 2.45) is 0 Å². The molecule has 1 aliphatic heterocycles. The predicted octanol–water partition coefficient (Wildman–Crippen LogP) is 1.53. The first-order valence-corrected chi connectivity index (χ1v) is 8.63. The van der Waals surface area contributed by atoms with Crippen molar-refractivity contribution in [2.75, 3.05) is 18.8 Å². The quantitative estimate of drug-likeness (QED) is 0.658. The highest BCUT2D eigenvalue weighted by Gasteiger charge is 2.17. The molecule has 1 heterocycles. The number of hydroxylamine groups is 1. The molecule has 1 aromatic carbocycles. The molecule has 130 valence electrons. The van der Waals surface area contributed by atoms with Gasteiger partial charge in [-0.25, -0.2) is 4.79 Å². The second-order valence-corrected chi connectivity index (χ2v) is 6.25. The molecule has 0 aromatic heterocycles. The van der Waals surface area contributed by atoms with E-state index in [2.05, 4.69) is 16.1 Å². The Morgan fingerprint density at radius 2 is 2.08 bits per heavy atom. The number of carbonyl (C=O) groups is 2. The summed E-state index contributed by atoms with van der Waals surface area (Å²) in [5.74, 6) is 0.635. The maximum atomic E-state index is 11.7. The minimum atomic E-state index is -0.630. The number of hydrogen-bond acceptors (Lipinski definition) is 6. The van der Waals surface area contributed by atoms with Crippen molar-refractivity contribution in [3.63, 3.8) is 0 Å². The van der Waals surface area contributed by atoms with Crippen LogP contribution in [0.4, 0.5) is 4.79 Å². The van der Waals surface area contributed by atoms with Gasteiger partial charge in [0, 0.05) is 0 Å². The molecule has 1 atom stereocenters. The fraction of sp³-hybridized carbons (Fsp3) is 0.375. The molecular formula is C16H21N3O4S. The molecule has 8 heteroatoms. The van der Waals surface area contributed by atoms with Gasteiger partial charge >= 0.3 is 6.09 Å². The highest BCUT2D eigenvalue weighted by atomic mass is 32.2. The summed E-state index contributed by atoms with van der Waals surface area (Å²) >= 11 is 1.63. The molecule has 1 aromatic rings. The summed E-state index contributed by atoms with van der Waals surface area (Å²) in [6.45, 7) is 2.40. The van der Waals surface area contributed by atoms with Crippen molar-refractivity contribution >= 4 is 23.8 Å². The third-order valence-electron chi connectivity index (χ3n) is 3.05. The minimum Gasteiger partial charge on any atom is -0.445 e. The normalized spacial score (nSPS) is 16.0. The van der Waals surface area contributed by atoms with Crippen LogP contribution >= 0.6 is 11.8 Å². The Labute approximate surface area is 145 Å². The van der Waals surface area contributed by atoms with E-state index in [1.165, 1.54) is 0 Å². The molecule has 1 unspecified atom stereocenters. The highest BCUT2D eigenvalue weighted by molar-refractivity contribution is 8.02. The third-order valence-corrected chi connectivity index (χ3v) is 3.87. The molecule has 0 saturated heterocycles. The Balaban J connectivity index is 1.58. The topological polar surface area (TPSA) is 88.7 Å². The van der Waals surface area contributed by atoms with Gasteiger partial charge in [0.15, 0.2) is 0 Å². The maximum Gasteiger partial charge on any atom is 0.407 e. The maximum absolute atomic E-state index is 11.7. The lowest BCUT2D eigenvalue weighted by atomic mass is 10.2. The number of amides is 2. The van der Waals surface area contributed by atoms with Crippen LogP contribution in [0, 0.1) is 0 Å². The van der Waals surface area contributed by atoms with Crippen molar-refractivity contribution in [3.8, 4) is 0 Å². The van der Waals surface area contributed by atoms with Crippen molar-refractivity contribution in [2.45, 2.75) is 19.6 Å². The van der Waals surface area contributed by atoms with Crippen molar-refractivity contribution in [3.05, 3.63) is 47.0 Å². The number of hydrogen-bond donors (Lipinski definition) is 3. The number of thioether (sulfide) groups is 1. The van der Waals surface area contributed by atoms with Crippen LogP contribution in [0.1, 0.15) is 12.5 Å². The molecule has 0 spiro atoms. The zero-order chi connectivity index (χ0) is 17.2. The third kappa shape index (κ3) is 6.51. The monoisotopic (exact) mass is 351 g/mol. The van der Waals surface area contributed by atoms with Gasteiger partial charge in [0.05, 0.1) is 18.1 Å². The highest BCUT2D eigenvalue weighted by Crippen LogP contribution is 2.18. The van der Waals surface area contributed by atoms with Gasteiger partial charge in [-0.3, -0.25) is 15.1 Å². The fourth-order valence-corrected chi connectivity index (χ4v) is 2.57. The second kappa shape index (κ2) is 9.84. The predicted molar refractivity (Wildman–Crippen MR) is 91.9 cm³/mol. The van der Waals surface area contributed by atoms with E-state index in [-0.39, 0.29) is 25.2 Å². The first-order chi connectivity index (χ1) is 11.7. The zero-order valence-corrected chi connectivity index (χ0v) is 14.2. The van der Waals surface area contributed by atoms with Crippen LogP contribution in [0.2, 0.25) is 0 Å². The first kappa shape index (κ1) is 18.2. The molecule has 7 nitrogen and oxygen atoms in total. The van der Waals surface area contributed by atoms with Gasteiger partial charge in [-0.2, -0.15) is 0 Å². The Morgan fingerprint density at radius 1 is 1.29 bits per heavy atom. The number of carbonyl (C=O) groups excluding carboxylic acids is 2. The lowest BCUT2D eigenvalue weighted by molar-refractivity contribution is -0.120. The van der Waals surface area contributed by atoms with E-state index in [4.69, 9.17) is 9.57 Å². The fourth-order valence-electron chi connectivity index (χ4n) is 1.91. The molecule has 0 fully saturated rings. The summed E-state index contributed by atoms with van der Waals surface area (Å²) < 4.78 is 5.02. The zero-order valence-electron chi connectivity index (χ0n) is 13.4. The summed E-state index contributed by atoms with van der Waals surface area (Å²) in [6.07, 6.45) is 1.07. The molecule has 2 amide bonds. The lowest BCUT2D eigenvalue weighted by Gasteiger charge is -2.10. The van der Waals surface area contributed by atoms with Gasteiger partial charge in [0.1, 0.15) is 12.7 Å². The van der Waals surface area contributed by atoms with E-state index in [9.17, 15) is 9.59 Å². The van der Waals surface area contributed by atoms with Gasteiger partial charge in [-0.1, -0.05) is 37.3 Å². The van der Waals surface area contributed by atoms with Gasteiger partial charge in [-0.15, -0.1) is 11.8 Å². The number of benzene rings is 1. The van der Waals surface area contributed by atoms with Crippen LogP contribution in [0.3, 0.4) is 0 Å². The molecule has 1 aliphatic rings.